The van der Waals surface area contributed by atoms with Crippen LogP contribution in [0.4, 0.5) is 4.39 Å². The Morgan fingerprint density at radius 3 is 2.37 bits per heavy atom. The summed E-state index contributed by atoms with van der Waals surface area (Å²) in [6.45, 7) is 8.74. The van der Waals surface area contributed by atoms with E-state index in [1.54, 1.807) is 23.5 Å². The molecule has 30 heavy (non-hydrogen) atoms. The van der Waals surface area contributed by atoms with Gasteiger partial charge < -0.3 is 10.1 Å². The molecule has 1 aromatic heterocycles. The predicted molar refractivity (Wildman–Crippen MR) is 120 cm³/mol. The van der Waals surface area contributed by atoms with E-state index in [1.807, 2.05) is 0 Å². The van der Waals surface area contributed by atoms with Crippen molar-refractivity contribution in [3.63, 3.8) is 0 Å². The topological polar surface area (TPSA) is 37.4 Å². The minimum Gasteiger partial charge on any atom is -0.373 e. The number of aromatic nitrogens is 1. The molecule has 1 aliphatic rings. The van der Waals surface area contributed by atoms with E-state index >= 15 is 0 Å². The van der Waals surface area contributed by atoms with Gasteiger partial charge in [0.1, 0.15) is 10.8 Å². The van der Waals surface area contributed by atoms with E-state index < -0.39 is 0 Å². The van der Waals surface area contributed by atoms with Crippen LogP contribution in [0.5, 0.6) is 0 Å². The standard InChI is InChI=1S/C24H28FN3OS/c1-17-13-28(14-18(2)29-17)15-20-5-3-19(4-6-20)11-26-12-23-16-30-24(27-23)21-7-9-22(25)10-8-21/h3-10,16-18,26H,11-15H2,1-2H3. The maximum atomic E-state index is 13.1. The second kappa shape index (κ2) is 9.79. The normalized spacial score (nSPS) is 19.8. The Hall–Kier alpha value is -2.12. The summed E-state index contributed by atoms with van der Waals surface area (Å²) in [5, 5.41) is 6.44. The van der Waals surface area contributed by atoms with Gasteiger partial charge in [-0.1, -0.05) is 24.3 Å². The molecule has 0 saturated carbocycles. The molecule has 6 heteroatoms. The maximum Gasteiger partial charge on any atom is 0.123 e. The molecular formula is C24H28FN3OS. The summed E-state index contributed by atoms with van der Waals surface area (Å²) >= 11 is 1.59. The second-order valence-corrected chi connectivity index (χ2v) is 8.88. The average Bonchev–Trinajstić information content (AvgIpc) is 3.18. The number of ether oxygens (including phenoxy) is 1. The highest BCUT2D eigenvalue weighted by atomic mass is 32.1. The van der Waals surface area contributed by atoms with Crippen molar-refractivity contribution in [2.75, 3.05) is 13.1 Å². The fourth-order valence-electron chi connectivity index (χ4n) is 3.88. The average molecular weight is 426 g/mol. The third-order valence-electron chi connectivity index (χ3n) is 5.20. The van der Waals surface area contributed by atoms with Crippen molar-refractivity contribution >= 4 is 11.3 Å². The second-order valence-electron chi connectivity index (χ2n) is 8.02. The van der Waals surface area contributed by atoms with Gasteiger partial charge in [0, 0.05) is 43.7 Å². The summed E-state index contributed by atoms with van der Waals surface area (Å²) in [5.41, 5.74) is 4.55. The minimum atomic E-state index is -0.225. The van der Waals surface area contributed by atoms with Crippen LogP contribution in [0.15, 0.2) is 53.9 Å². The fraction of sp³-hybridized carbons (Fsp3) is 0.375. The lowest BCUT2D eigenvalue weighted by Crippen LogP contribution is -2.44. The van der Waals surface area contributed by atoms with Gasteiger partial charge in [-0.2, -0.15) is 0 Å². The van der Waals surface area contributed by atoms with Crippen molar-refractivity contribution in [3.8, 4) is 10.6 Å². The van der Waals surface area contributed by atoms with Crippen molar-refractivity contribution in [3.05, 3.63) is 76.5 Å². The van der Waals surface area contributed by atoms with Gasteiger partial charge >= 0.3 is 0 Å². The summed E-state index contributed by atoms with van der Waals surface area (Å²) in [6.07, 6.45) is 0.595. The number of hydrogen-bond donors (Lipinski definition) is 1. The summed E-state index contributed by atoms with van der Waals surface area (Å²) in [6, 6.07) is 15.3. The van der Waals surface area contributed by atoms with Crippen molar-refractivity contribution in [1.82, 2.24) is 15.2 Å². The van der Waals surface area contributed by atoms with Gasteiger partial charge in [0.25, 0.3) is 0 Å². The highest BCUT2D eigenvalue weighted by Gasteiger charge is 2.21. The Morgan fingerprint density at radius 2 is 1.67 bits per heavy atom. The van der Waals surface area contributed by atoms with Gasteiger partial charge in [-0.3, -0.25) is 4.90 Å². The summed E-state index contributed by atoms with van der Waals surface area (Å²) in [5.74, 6) is -0.225. The molecule has 158 valence electrons. The van der Waals surface area contributed by atoms with E-state index in [9.17, 15) is 4.39 Å². The van der Waals surface area contributed by atoms with Crippen LogP contribution in [0.25, 0.3) is 10.6 Å². The lowest BCUT2D eigenvalue weighted by atomic mass is 10.1. The third kappa shape index (κ3) is 5.73. The number of benzene rings is 2. The van der Waals surface area contributed by atoms with E-state index in [1.165, 1.54) is 23.3 Å². The number of rotatable bonds is 7. The zero-order valence-corrected chi connectivity index (χ0v) is 18.3. The largest absolute Gasteiger partial charge is 0.373 e. The molecule has 0 radical (unpaired) electrons. The monoisotopic (exact) mass is 425 g/mol. The molecule has 4 nitrogen and oxygen atoms in total. The molecular weight excluding hydrogens is 397 g/mol. The van der Waals surface area contributed by atoms with Crippen molar-refractivity contribution in [1.29, 1.82) is 0 Å². The molecule has 1 aliphatic heterocycles. The van der Waals surface area contributed by atoms with Crippen LogP contribution < -0.4 is 5.32 Å². The molecule has 3 aromatic rings. The maximum absolute atomic E-state index is 13.1. The lowest BCUT2D eigenvalue weighted by Gasteiger charge is -2.35. The molecule has 0 amide bonds. The first-order valence-electron chi connectivity index (χ1n) is 10.4. The zero-order valence-electron chi connectivity index (χ0n) is 17.5. The van der Waals surface area contributed by atoms with Crippen LogP contribution in [-0.4, -0.2) is 35.2 Å². The number of thiazole rings is 1. The predicted octanol–water partition coefficient (Wildman–Crippen LogP) is 4.85. The van der Waals surface area contributed by atoms with E-state index in [0.717, 1.165) is 42.4 Å². The van der Waals surface area contributed by atoms with Gasteiger partial charge in [-0.05, 0) is 49.2 Å². The van der Waals surface area contributed by atoms with Crippen molar-refractivity contribution < 1.29 is 9.13 Å². The zero-order chi connectivity index (χ0) is 20.9. The molecule has 2 unspecified atom stereocenters. The third-order valence-corrected chi connectivity index (χ3v) is 6.14. The first kappa shape index (κ1) is 21.1. The Bertz CT molecular complexity index is 932. The Balaban J connectivity index is 1.25. The van der Waals surface area contributed by atoms with Crippen molar-refractivity contribution in [2.45, 2.75) is 45.7 Å². The van der Waals surface area contributed by atoms with Crippen LogP contribution >= 0.6 is 11.3 Å². The number of nitrogens with one attached hydrogen (secondary N) is 1. The Morgan fingerprint density at radius 1 is 1.00 bits per heavy atom. The number of morpholine rings is 1. The number of nitrogens with zero attached hydrogens (tertiary/aromatic N) is 2. The van der Waals surface area contributed by atoms with Gasteiger partial charge in [0.2, 0.25) is 0 Å². The van der Waals surface area contributed by atoms with Crippen LogP contribution in [0, 0.1) is 5.82 Å². The molecule has 2 atom stereocenters. The summed E-state index contributed by atoms with van der Waals surface area (Å²) in [7, 11) is 0. The van der Waals surface area contributed by atoms with Crippen LogP contribution in [0.3, 0.4) is 0 Å². The molecule has 2 heterocycles. The fourth-order valence-corrected chi connectivity index (χ4v) is 4.71. The molecule has 0 bridgehead atoms. The van der Waals surface area contributed by atoms with Crippen molar-refractivity contribution in [2.24, 2.45) is 0 Å². The van der Waals surface area contributed by atoms with Gasteiger partial charge in [0.15, 0.2) is 0 Å². The molecule has 0 aliphatic carbocycles. The molecule has 1 N–H and O–H groups in total. The first-order chi connectivity index (χ1) is 14.5. The highest BCUT2D eigenvalue weighted by molar-refractivity contribution is 7.13. The van der Waals surface area contributed by atoms with E-state index in [0.29, 0.717) is 18.8 Å². The smallest absolute Gasteiger partial charge is 0.123 e. The Labute approximate surface area is 181 Å². The Kier molecular flexibility index (Phi) is 6.89. The lowest BCUT2D eigenvalue weighted by molar-refractivity contribution is -0.0704. The highest BCUT2D eigenvalue weighted by Crippen LogP contribution is 2.24. The van der Waals surface area contributed by atoms with Crippen LogP contribution in [0.1, 0.15) is 30.7 Å². The SMILES string of the molecule is CC1CN(Cc2ccc(CNCc3csc(-c4ccc(F)cc4)n3)cc2)CC(C)O1. The summed E-state index contributed by atoms with van der Waals surface area (Å²) < 4.78 is 18.9. The molecule has 1 fully saturated rings. The van der Waals surface area contributed by atoms with Gasteiger partial charge in [0.05, 0.1) is 17.9 Å². The van der Waals surface area contributed by atoms with E-state index in [4.69, 9.17) is 4.74 Å². The van der Waals surface area contributed by atoms with Gasteiger partial charge in [-0.15, -0.1) is 11.3 Å². The van der Waals surface area contributed by atoms with Crippen LogP contribution in [-0.2, 0) is 24.4 Å². The quantitative estimate of drug-likeness (QED) is 0.587. The van der Waals surface area contributed by atoms with E-state index in [-0.39, 0.29) is 5.82 Å². The first-order valence-corrected chi connectivity index (χ1v) is 11.3. The number of hydrogen-bond acceptors (Lipinski definition) is 5. The molecule has 1 saturated heterocycles. The number of halogens is 1. The molecule has 0 spiro atoms. The molecule has 2 aromatic carbocycles. The van der Waals surface area contributed by atoms with Crippen LogP contribution in [0.2, 0.25) is 0 Å². The summed E-state index contributed by atoms with van der Waals surface area (Å²) in [4.78, 5) is 7.12. The van der Waals surface area contributed by atoms with Gasteiger partial charge in [-0.25, -0.2) is 9.37 Å². The molecule has 4 rings (SSSR count). The van der Waals surface area contributed by atoms with E-state index in [2.05, 4.69) is 58.7 Å². The minimum absolute atomic E-state index is 0.225.